The van der Waals surface area contributed by atoms with Crippen molar-refractivity contribution in [3.63, 3.8) is 0 Å². The predicted molar refractivity (Wildman–Crippen MR) is 134 cm³/mol. The second-order valence-electron chi connectivity index (χ2n) is 8.11. The summed E-state index contributed by atoms with van der Waals surface area (Å²) < 4.78 is 0. The lowest BCUT2D eigenvalue weighted by Gasteiger charge is -2.24. The number of thioether (sulfide) groups is 1. The van der Waals surface area contributed by atoms with Crippen molar-refractivity contribution in [3.05, 3.63) is 102 Å². The summed E-state index contributed by atoms with van der Waals surface area (Å²) in [5, 5.41) is 9.17. The Morgan fingerprint density at radius 2 is 1.70 bits per heavy atom. The molecule has 0 saturated carbocycles. The zero-order chi connectivity index (χ0) is 21.8. The van der Waals surface area contributed by atoms with Gasteiger partial charge in [0.1, 0.15) is 0 Å². The summed E-state index contributed by atoms with van der Waals surface area (Å²) in [6.07, 6.45) is 5.15. The molecule has 2 aromatic carbocycles. The smallest absolute Gasteiger partial charge is 0.0656 e. The first-order valence-electron chi connectivity index (χ1n) is 10.8. The van der Waals surface area contributed by atoms with Crippen LogP contribution in [0.25, 0.3) is 0 Å². The summed E-state index contributed by atoms with van der Waals surface area (Å²) in [4.78, 5) is 1.23. The van der Waals surface area contributed by atoms with Crippen molar-refractivity contribution in [2.45, 2.75) is 51.0 Å². The highest BCUT2D eigenvalue weighted by molar-refractivity contribution is 8.02. The summed E-state index contributed by atoms with van der Waals surface area (Å²) in [6, 6.07) is 19.3. The monoisotopic (exact) mass is 420 g/mol. The van der Waals surface area contributed by atoms with E-state index in [-0.39, 0.29) is 6.04 Å². The lowest BCUT2D eigenvalue weighted by atomic mass is 10.0. The molecule has 2 nitrogen and oxygen atoms in total. The Hall–Kier alpha value is -2.39. The van der Waals surface area contributed by atoms with Gasteiger partial charge in [0.2, 0.25) is 0 Å². The molecule has 0 aliphatic rings. The molecule has 0 aromatic heterocycles. The third-order valence-corrected chi connectivity index (χ3v) is 5.73. The molecule has 30 heavy (non-hydrogen) atoms. The molecule has 3 heteroatoms. The Labute approximate surface area is 187 Å². The van der Waals surface area contributed by atoms with Crippen molar-refractivity contribution in [2.75, 3.05) is 6.54 Å². The van der Waals surface area contributed by atoms with Gasteiger partial charge in [-0.1, -0.05) is 86.8 Å². The minimum atomic E-state index is 0.138. The van der Waals surface area contributed by atoms with Gasteiger partial charge in [-0.15, -0.1) is 0 Å². The van der Waals surface area contributed by atoms with Gasteiger partial charge in [-0.3, -0.25) is 0 Å². The van der Waals surface area contributed by atoms with Gasteiger partial charge in [-0.05, 0) is 61.3 Å². The number of aryl methyl sites for hydroxylation is 2. The fourth-order valence-electron chi connectivity index (χ4n) is 3.02. The number of benzene rings is 2. The minimum Gasteiger partial charge on any atom is -0.387 e. The summed E-state index contributed by atoms with van der Waals surface area (Å²) in [7, 11) is 0. The Balaban J connectivity index is 1.92. The summed E-state index contributed by atoms with van der Waals surface area (Å²) in [5.41, 5.74) is 4.56. The van der Waals surface area contributed by atoms with Crippen LogP contribution in [-0.4, -0.2) is 12.6 Å². The summed E-state index contributed by atoms with van der Waals surface area (Å²) >= 11 is 1.70. The van der Waals surface area contributed by atoms with Crippen molar-refractivity contribution < 1.29 is 0 Å². The van der Waals surface area contributed by atoms with Crippen LogP contribution in [-0.2, 0) is 6.42 Å². The number of allylic oxidation sites excluding steroid dienone is 1. The largest absolute Gasteiger partial charge is 0.387 e. The van der Waals surface area contributed by atoms with Crippen molar-refractivity contribution in [3.8, 4) is 0 Å². The molecule has 0 amide bonds. The number of hydrogen-bond donors (Lipinski definition) is 2. The summed E-state index contributed by atoms with van der Waals surface area (Å²) in [5.74, 6) is 0.678. The van der Waals surface area contributed by atoms with Crippen molar-refractivity contribution in [1.29, 1.82) is 0 Å². The van der Waals surface area contributed by atoms with Gasteiger partial charge in [-0.25, -0.2) is 0 Å². The zero-order valence-corrected chi connectivity index (χ0v) is 19.5. The van der Waals surface area contributed by atoms with Gasteiger partial charge in [0.25, 0.3) is 0 Å². The highest BCUT2D eigenvalue weighted by Gasteiger charge is 2.13. The standard InChI is InChI=1S/C27H36N2S/c1-21(2)17-19-28-24(5)27(16-13-25-9-7-6-8-10-25)29-23(4)18-20-30-26-14-11-22(3)12-15-26/h6-12,14-15,18,20-21,27-29H,4-5,13,16-17,19H2,1-3H3/b20-18+. The van der Waals surface area contributed by atoms with E-state index in [1.807, 2.05) is 6.08 Å². The summed E-state index contributed by atoms with van der Waals surface area (Å²) in [6.45, 7) is 16.1. The molecule has 1 atom stereocenters. The van der Waals surface area contributed by atoms with Crippen LogP contribution in [0.3, 0.4) is 0 Å². The van der Waals surface area contributed by atoms with E-state index in [0.717, 1.165) is 37.2 Å². The van der Waals surface area contributed by atoms with Gasteiger partial charge < -0.3 is 10.6 Å². The van der Waals surface area contributed by atoms with Gasteiger partial charge in [-0.2, -0.15) is 0 Å². The van der Waals surface area contributed by atoms with Crippen LogP contribution < -0.4 is 10.6 Å². The quantitative estimate of drug-likeness (QED) is 0.273. The molecular weight excluding hydrogens is 384 g/mol. The molecule has 0 bridgehead atoms. The molecule has 1 unspecified atom stereocenters. The molecule has 0 aliphatic carbocycles. The molecule has 0 radical (unpaired) electrons. The van der Waals surface area contributed by atoms with E-state index >= 15 is 0 Å². The Morgan fingerprint density at radius 1 is 1.00 bits per heavy atom. The van der Waals surface area contributed by atoms with Crippen molar-refractivity contribution in [1.82, 2.24) is 10.6 Å². The molecule has 0 heterocycles. The normalized spacial score (nSPS) is 12.1. The van der Waals surface area contributed by atoms with Crippen LogP contribution in [0.5, 0.6) is 0 Å². The molecule has 0 aliphatic heterocycles. The predicted octanol–water partition coefficient (Wildman–Crippen LogP) is 6.85. The van der Waals surface area contributed by atoms with Crippen molar-refractivity contribution in [2.24, 2.45) is 5.92 Å². The first-order chi connectivity index (χ1) is 14.4. The fraction of sp³-hybridized carbons (Fsp3) is 0.333. The molecular formula is C27H36N2S. The maximum atomic E-state index is 4.31. The highest BCUT2D eigenvalue weighted by atomic mass is 32.2. The average Bonchev–Trinajstić information content (AvgIpc) is 2.73. The first-order valence-corrected chi connectivity index (χ1v) is 11.6. The van der Waals surface area contributed by atoms with E-state index in [2.05, 4.69) is 105 Å². The van der Waals surface area contributed by atoms with Crippen LogP contribution in [0.1, 0.15) is 37.8 Å². The number of rotatable bonds is 13. The van der Waals surface area contributed by atoms with Gasteiger partial charge >= 0.3 is 0 Å². The van der Waals surface area contributed by atoms with Crippen LogP contribution in [0.15, 0.2) is 95.5 Å². The van der Waals surface area contributed by atoms with Gasteiger partial charge in [0, 0.05) is 22.8 Å². The van der Waals surface area contributed by atoms with Crippen molar-refractivity contribution >= 4 is 11.8 Å². The molecule has 160 valence electrons. The maximum Gasteiger partial charge on any atom is 0.0656 e. The van der Waals surface area contributed by atoms with Gasteiger partial charge in [0.05, 0.1) is 6.04 Å². The van der Waals surface area contributed by atoms with Crippen LogP contribution >= 0.6 is 11.8 Å². The van der Waals surface area contributed by atoms with Gasteiger partial charge in [0.15, 0.2) is 0 Å². The third kappa shape index (κ3) is 9.41. The lowest BCUT2D eigenvalue weighted by molar-refractivity contribution is 0.519. The third-order valence-electron chi connectivity index (χ3n) is 4.91. The second-order valence-corrected chi connectivity index (χ2v) is 9.09. The Bertz CT molecular complexity index is 807. The fourth-order valence-corrected chi connectivity index (χ4v) is 3.70. The van der Waals surface area contributed by atoms with Crippen LogP contribution in [0, 0.1) is 12.8 Å². The molecule has 0 spiro atoms. The van der Waals surface area contributed by atoms with E-state index in [4.69, 9.17) is 0 Å². The molecule has 2 aromatic rings. The SMILES string of the molecule is C=C(/C=C/Sc1ccc(C)cc1)NC(CCc1ccccc1)C(=C)NCCC(C)C. The minimum absolute atomic E-state index is 0.138. The second kappa shape index (κ2) is 13.0. The first kappa shape index (κ1) is 23.9. The maximum absolute atomic E-state index is 4.31. The molecule has 0 fully saturated rings. The lowest BCUT2D eigenvalue weighted by Crippen LogP contribution is -2.36. The molecule has 2 N–H and O–H groups in total. The van der Waals surface area contributed by atoms with E-state index in [0.29, 0.717) is 5.92 Å². The Morgan fingerprint density at radius 3 is 2.37 bits per heavy atom. The Kier molecular flexibility index (Phi) is 10.4. The number of nitrogens with one attached hydrogen (secondary N) is 2. The van der Waals surface area contributed by atoms with E-state index in [1.54, 1.807) is 11.8 Å². The average molecular weight is 421 g/mol. The topological polar surface area (TPSA) is 24.1 Å². The van der Waals surface area contributed by atoms with E-state index in [1.165, 1.54) is 16.0 Å². The molecule has 2 rings (SSSR count). The van der Waals surface area contributed by atoms with E-state index < -0.39 is 0 Å². The van der Waals surface area contributed by atoms with Crippen LogP contribution in [0.2, 0.25) is 0 Å². The zero-order valence-electron chi connectivity index (χ0n) is 18.7. The molecule has 0 saturated heterocycles. The van der Waals surface area contributed by atoms with Crippen LogP contribution in [0.4, 0.5) is 0 Å². The van der Waals surface area contributed by atoms with E-state index in [9.17, 15) is 0 Å². The highest BCUT2D eigenvalue weighted by Crippen LogP contribution is 2.20. The number of hydrogen-bond acceptors (Lipinski definition) is 3.